The van der Waals surface area contributed by atoms with Crippen LogP contribution in [-0.4, -0.2) is 40.0 Å². The van der Waals surface area contributed by atoms with E-state index in [2.05, 4.69) is 10.4 Å². The standard InChI is InChI=1S/C19H17F2N3O3/c20-14-5-7-16(8-6-14)27-12-15(25)10-22-19(26)13-9-23-24(11-13)18-4-2-1-3-17(18)21/h1-9,11,15,25H,10,12H2,(H,22,26)/t15-/m1/s1. The summed E-state index contributed by atoms with van der Waals surface area (Å²) in [5, 5.41) is 16.4. The number of aliphatic hydroxyl groups excluding tert-OH is 1. The molecular weight excluding hydrogens is 356 g/mol. The van der Waals surface area contributed by atoms with Gasteiger partial charge in [0.15, 0.2) is 0 Å². The summed E-state index contributed by atoms with van der Waals surface area (Å²) in [6, 6.07) is 11.4. The molecule has 2 N–H and O–H groups in total. The third-order valence-corrected chi connectivity index (χ3v) is 3.70. The first-order valence-electron chi connectivity index (χ1n) is 8.17. The minimum Gasteiger partial charge on any atom is -0.491 e. The number of para-hydroxylation sites is 1. The Morgan fingerprint density at radius 3 is 2.67 bits per heavy atom. The molecule has 0 aliphatic rings. The van der Waals surface area contributed by atoms with Gasteiger partial charge < -0.3 is 15.2 Å². The Kier molecular flexibility index (Phi) is 5.77. The van der Waals surface area contributed by atoms with E-state index in [9.17, 15) is 18.7 Å². The maximum absolute atomic E-state index is 13.8. The van der Waals surface area contributed by atoms with Crippen LogP contribution in [0.5, 0.6) is 5.75 Å². The fourth-order valence-electron chi connectivity index (χ4n) is 2.30. The molecular formula is C19H17F2N3O3. The first-order valence-corrected chi connectivity index (χ1v) is 8.17. The molecule has 0 aliphatic carbocycles. The number of amides is 1. The van der Waals surface area contributed by atoms with E-state index < -0.39 is 17.8 Å². The summed E-state index contributed by atoms with van der Waals surface area (Å²) >= 11 is 0. The van der Waals surface area contributed by atoms with Crippen molar-refractivity contribution in [1.29, 1.82) is 0 Å². The summed E-state index contributed by atoms with van der Waals surface area (Å²) in [6.07, 6.45) is 1.75. The van der Waals surface area contributed by atoms with Crippen molar-refractivity contribution < 1.29 is 23.4 Å². The predicted octanol–water partition coefficient (Wildman–Crippen LogP) is 2.32. The van der Waals surface area contributed by atoms with E-state index in [4.69, 9.17) is 4.74 Å². The van der Waals surface area contributed by atoms with E-state index in [1.54, 1.807) is 18.2 Å². The number of benzene rings is 2. The van der Waals surface area contributed by atoms with Crippen LogP contribution in [-0.2, 0) is 0 Å². The molecule has 140 valence electrons. The molecule has 1 amide bonds. The van der Waals surface area contributed by atoms with Crippen LogP contribution in [0.25, 0.3) is 5.69 Å². The number of nitrogens with one attached hydrogen (secondary N) is 1. The summed E-state index contributed by atoms with van der Waals surface area (Å²) in [5.74, 6) is -0.890. The number of nitrogens with zero attached hydrogens (tertiary/aromatic N) is 2. The summed E-state index contributed by atoms with van der Waals surface area (Å²) < 4.78 is 33.1. The molecule has 2 aromatic carbocycles. The minimum atomic E-state index is -0.958. The second-order valence-electron chi connectivity index (χ2n) is 5.75. The van der Waals surface area contributed by atoms with Gasteiger partial charge in [0.05, 0.1) is 11.8 Å². The molecule has 3 rings (SSSR count). The van der Waals surface area contributed by atoms with Gasteiger partial charge >= 0.3 is 0 Å². The summed E-state index contributed by atoms with van der Waals surface area (Å²) in [5.41, 5.74) is 0.453. The van der Waals surface area contributed by atoms with Gasteiger partial charge in [0.25, 0.3) is 5.91 Å². The molecule has 0 bridgehead atoms. The molecule has 0 radical (unpaired) electrons. The Morgan fingerprint density at radius 2 is 1.93 bits per heavy atom. The van der Waals surface area contributed by atoms with E-state index >= 15 is 0 Å². The van der Waals surface area contributed by atoms with Gasteiger partial charge in [0.2, 0.25) is 0 Å². The third kappa shape index (κ3) is 4.89. The largest absolute Gasteiger partial charge is 0.491 e. The molecule has 0 saturated heterocycles. The lowest BCUT2D eigenvalue weighted by Gasteiger charge is -2.13. The molecule has 0 spiro atoms. The molecule has 27 heavy (non-hydrogen) atoms. The Bertz CT molecular complexity index is 913. The number of aliphatic hydroxyl groups is 1. The number of rotatable bonds is 7. The van der Waals surface area contributed by atoms with Crippen molar-refractivity contribution in [3.8, 4) is 11.4 Å². The molecule has 1 atom stereocenters. The predicted molar refractivity (Wildman–Crippen MR) is 93.8 cm³/mol. The highest BCUT2D eigenvalue weighted by atomic mass is 19.1. The van der Waals surface area contributed by atoms with Gasteiger partial charge in [-0.1, -0.05) is 12.1 Å². The number of aromatic nitrogens is 2. The summed E-state index contributed by atoms with van der Waals surface area (Å²) in [4.78, 5) is 12.1. The van der Waals surface area contributed by atoms with Crippen molar-refractivity contribution in [1.82, 2.24) is 15.1 Å². The fraction of sp³-hybridized carbons (Fsp3) is 0.158. The number of ether oxygens (including phenoxy) is 1. The first-order chi connectivity index (χ1) is 13.0. The molecule has 6 nitrogen and oxygen atoms in total. The molecule has 0 fully saturated rings. The average molecular weight is 373 g/mol. The van der Waals surface area contributed by atoms with Crippen LogP contribution in [0.15, 0.2) is 60.9 Å². The Balaban J connectivity index is 1.50. The van der Waals surface area contributed by atoms with Crippen LogP contribution in [0.1, 0.15) is 10.4 Å². The van der Waals surface area contributed by atoms with Gasteiger partial charge in [0.1, 0.15) is 35.8 Å². The maximum atomic E-state index is 13.8. The lowest BCUT2D eigenvalue weighted by atomic mass is 10.3. The first kappa shape index (κ1) is 18.5. The van der Waals surface area contributed by atoms with Crippen molar-refractivity contribution >= 4 is 5.91 Å². The van der Waals surface area contributed by atoms with Crippen LogP contribution < -0.4 is 10.1 Å². The van der Waals surface area contributed by atoms with Crippen molar-refractivity contribution in [2.45, 2.75) is 6.10 Å². The second-order valence-corrected chi connectivity index (χ2v) is 5.75. The highest BCUT2D eigenvalue weighted by Gasteiger charge is 2.13. The quantitative estimate of drug-likeness (QED) is 0.666. The maximum Gasteiger partial charge on any atom is 0.254 e. The van der Waals surface area contributed by atoms with Gasteiger partial charge in [-0.15, -0.1) is 0 Å². The zero-order valence-electron chi connectivity index (χ0n) is 14.2. The van der Waals surface area contributed by atoms with Crippen LogP contribution >= 0.6 is 0 Å². The smallest absolute Gasteiger partial charge is 0.254 e. The average Bonchev–Trinajstić information content (AvgIpc) is 3.16. The fourth-order valence-corrected chi connectivity index (χ4v) is 2.30. The zero-order valence-corrected chi connectivity index (χ0v) is 14.2. The van der Waals surface area contributed by atoms with Crippen LogP contribution in [0, 0.1) is 11.6 Å². The van der Waals surface area contributed by atoms with E-state index in [-0.39, 0.29) is 30.2 Å². The highest BCUT2D eigenvalue weighted by molar-refractivity contribution is 5.93. The van der Waals surface area contributed by atoms with Gasteiger partial charge in [-0.2, -0.15) is 5.10 Å². The molecule has 1 heterocycles. The van der Waals surface area contributed by atoms with Crippen molar-refractivity contribution in [3.05, 3.63) is 78.1 Å². The van der Waals surface area contributed by atoms with Crippen LogP contribution in [0.2, 0.25) is 0 Å². The number of hydrogen-bond acceptors (Lipinski definition) is 4. The Labute approximate surface area is 154 Å². The van der Waals surface area contributed by atoms with E-state index in [1.165, 1.54) is 47.4 Å². The minimum absolute atomic E-state index is 0.0507. The lowest BCUT2D eigenvalue weighted by molar-refractivity contribution is 0.0843. The van der Waals surface area contributed by atoms with Crippen molar-refractivity contribution in [3.63, 3.8) is 0 Å². The van der Waals surface area contributed by atoms with Gasteiger partial charge in [-0.3, -0.25) is 4.79 Å². The monoisotopic (exact) mass is 373 g/mol. The van der Waals surface area contributed by atoms with Gasteiger partial charge in [-0.05, 0) is 36.4 Å². The zero-order chi connectivity index (χ0) is 19.2. The molecule has 3 aromatic rings. The SMILES string of the molecule is O=C(NC[C@@H](O)COc1ccc(F)cc1)c1cnn(-c2ccccc2F)c1. The van der Waals surface area contributed by atoms with Crippen molar-refractivity contribution in [2.24, 2.45) is 0 Å². The Hall–Kier alpha value is -3.26. The van der Waals surface area contributed by atoms with Gasteiger partial charge in [-0.25, -0.2) is 13.5 Å². The molecule has 0 unspecified atom stereocenters. The third-order valence-electron chi connectivity index (χ3n) is 3.70. The number of carbonyl (C=O) groups is 1. The van der Waals surface area contributed by atoms with Crippen LogP contribution in [0.4, 0.5) is 8.78 Å². The summed E-state index contributed by atoms with van der Waals surface area (Å²) in [6.45, 7) is -0.120. The molecule has 0 saturated carbocycles. The Morgan fingerprint density at radius 1 is 1.19 bits per heavy atom. The summed E-state index contributed by atoms with van der Waals surface area (Å²) in [7, 11) is 0. The number of carbonyl (C=O) groups excluding carboxylic acids is 1. The van der Waals surface area contributed by atoms with E-state index in [0.717, 1.165) is 0 Å². The van der Waals surface area contributed by atoms with E-state index in [0.29, 0.717) is 5.75 Å². The number of halogens is 2. The van der Waals surface area contributed by atoms with Gasteiger partial charge in [0, 0.05) is 12.7 Å². The highest BCUT2D eigenvalue weighted by Crippen LogP contribution is 2.13. The molecule has 1 aromatic heterocycles. The van der Waals surface area contributed by atoms with E-state index in [1.807, 2.05) is 0 Å². The second kappa shape index (κ2) is 8.41. The molecule has 0 aliphatic heterocycles. The lowest BCUT2D eigenvalue weighted by Crippen LogP contribution is -2.35. The topological polar surface area (TPSA) is 76.4 Å². The number of hydrogen-bond donors (Lipinski definition) is 2. The van der Waals surface area contributed by atoms with Crippen LogP contribution in [0.3, 0.4) is 0 Å². The van der Waals surface area contributed by atoms with Crippen molar-refractivity contribution in [2.75, 3.05) is 13.2 Å². The molecule has 8 heteroatoms. The normalized spacial score (nSPS) is 11.8.